The highest BCUT2D eigenvalue weighted by Gasteiger charge is 2.52. The standard InChI is InChI=1S/C14H23NO2S/c1-13(2)8-14(9-17-13)5-11(6-14)15-12(16)10-3-4-18-7-10/h10-11H,3-9H2,1-2H3,(H,15,16). The molecule has 2 aliphatic heterocycles. The first kappa shape index (κ1) is 12.8. The fraction of sp³-hybridized carbons (Fsp3) is 0.929. The summed E-state index contributed by atoms with van der Waals surface area (Å²) in [6.07, 6.45) is 4.43. The van der Waals surface area contributed by atoms with E-state index in [0.29, 0.717) is 11.5 Å². The monoisotopic (exact) mass is 269 g/mol. The molecule has 3 rings (SSSR count). The summed E-state index contributed by atoms with van der Waals surface area (Å²) in [7, 11) is 0. The van der Waals surface area contributed by atoms with Gasteiger partial charge in [0, 0.05) is 23.1 Å². The average molecular weight is 269 g/mol. The molecule has 3 fully saturated rings. The van der Waals surface area contributed by atoms with Crippen LogP contribution in [0.4, 0.5) is 0 Å². The van der Waals surface area contributed by atoms with Gasteiger partial charge in [-0.1, -0.05) is 0 Å². The molecule has 1 N–H and O–H groups in total. The molecule has 3 nitrogen and oxygen atoms in total. The minimum atomic E-state index is 0.0388. The van der Waals surface area contributed by atoms with Crippen molar-refractivity contribution in [2.24, 2.45) is 11.3 Å². The van der Waals surface area contributed by atoms with Crippen molar-refractivity contribution in [3.05, 3.63) is 0 Å². The second-order valence-corrected chi connectivity index (χ2v) is 8.05. The van der Waals surface area contributed by atoms with E-state index in [1.165, 1.54) is 0 Å². The Morgan fingerprint density at radius 3 is 2.72 bits per heavy atom. The number of carbonyl (C=O) groups excluding carboxylic acids is 1. The Hall–Kier alpha value is -0.220. The molecule has 1 atom stereocenters. The molecule has 1 unspecified atom stereocenters. The first-order valence-electron chi connectivity index (χ1n) is 7.00. The van der Waals surface area contributed by atoms with E-state index >= 15 is 0 Å². The van der Waals surface area contributed by atoms with E-state index in [1.807, 2.05) is 11.8 Å². The fourth-order valence-corrected chi connectivity index (χ4v) is 4.98. The molecule has 1 amide bonds. The molecule has 2 saturated heterocycles. The van der Waals surface area contributed by atoms with Crippen molar-refractivity contribution >= 4 is 17.7 Å². The van der Waals surface area contributed by atoms with Crippen LogP contribution in [0.5, 0.6) is 0 Å². The summed E-state index contributed by atoms with van der Waals surface area (Å²) in [5.41, 5.74) is 0.406. The molecule has 1 saturated carbocycles. The molecule has 1 aliphatic carbocycles. The molecule has 1 spiro atoms. The number of rotatable bonds is 2. The van der Waals surface area contributed by atoms with Crippen LogP contribution in [0.1, 0.15) is 39.5 Å². The van der Waals surface area contributed by atoms with Crippen molar-refractivity contribution < 1.29 is 9.53 Å². The predicted molar refractivity (Wildman–Crippen MR) is 73.7 cm³/mol. The van der Waals surface area contributed by atoms with Gasteiger partial charge in [-0.2, -0.15) is 11.8 Å². The first-order chi connectivity index (χ1) is 8.48. The van der Waals surface area contributed by atoms with Gasteiger partial charge in [0.1, 0.15) is 0 Å². The van der Waals surface area contributed by atoms with Gasteiger partial charge in [0.25, 0.3) is 0 Å². The minimum absolute atomic E-state index is 0.0388. The summed E-state index contributed by atoms with van der Waals surface area (Å²) < 4.78 is 5.84. The van der Waals surface area contributed by atoms with Crippen LogP contribution in [-0.2, 0) is 9.53 Å². The summed E-state index contributed by atoms with van der Waals surface area (Å²) in [4.78, 5) is 12.0. The third-order valence-corrected chi connectivity index (χ3v) is 5.74. The van der Waals surface area contributed by atoms with E-state index in [0.717, 1.165) is 43.8 Å². The van der Waals surface area contributed by atoms with Crippen LogP contribution in [0, 0.1) is 11.3 Å². The molecule has 0 radical (unpaired) electrons. The maximum atomic E-state index is 12.0. The SMILES string of the molecule is CC1(C)CC2(CO1)CC(NC(=O)C1CCSC1)C2. The summed E-state index contributed by atoms with van der Waals surface area (Å²) >= 11 is 1.90. The lowest BCUT2D eigenvalue weighted by Crippen LogP contribution is -2.52. The van der Waals surface area contributed by atoms with E-state index in [-0.39, 0.29) is 17.4 Å². The molecule has 4 heteroatoms. The lowest BCUT2D eigenvalue weighted by molar-refractivity contribution is -0.126. The molecule has 0 aromatic carbocycles. The van der Waals surface area contributed by atoms with Gasteiger partial charge in [-0.15, -0.1) is 0 Å². The summed E-state index contributed by atoms with van der Waals surface area (Å²) in [6, 6.07) is 0.403. The Bertz CT molecular complexity index is 344. The topological polar surface area (TPSA) is 38.3 Å². The van der Waals surface area contributed by atoms with Crippen LogP contribution in [0.2, 0.25) is 0 Å². The molecular formula is C14H23NO2S. The average Bonchev–Trinajstić information content (AvgIpc) is 2.84. The van der Waals surface area contributed by atoms with Gasteiger partial charge in [-0.25, -0.2) is 0 Å². The molecule has 18 heavy (non-hydrogen) atoms. The largest absolute Gasteiger partial charge is 0.375 e. The lowest BCUT2D eigenvalue weighted by Gasteiger charge is -2.45. The second-order valence-electron chi connectivity index (χ2n) is 6.90. The number of thioether (sulfide) groups is 1. The predicted octanol–water partition coefficient (Wildman–Crippen LogP) is 2.20. The Morgan fingerprint density at radius 2 is 2.17 bits per heavy atom. The first-order valence-corrected chi connectivity index (χ1v) is 8.16. The van der Waals surface area contributed by atoms with Crippen LogP contribution in [0.15, 0.2) is 0 Å². The minimum Gasteiger partial charge on any atom is -0.375 e. The molecule has 0 bridgehead atoms. The normalized spacial score (nSPS) is 41.9. The van der Waals surface area contributed by atoms with Crippen LogP contribution in [0.3, 0.4) is 0 Å². The Morgan fingerprint density at radius 1 is 1.39 bits per heavy atom. The summed E-state index contributed by atoms with van der Waals surface area (Å²) in [6.45, 7) is 5.22. The highest BCUT2D eigenvalue weighted by molar-refractivity contribution is 7.99. The fourth-order valence-electron chi connectivity index (χ4n) is 3.76. The summed E-state index contributed by atoms with van der Waals surface area (Å²) in [5.74, 6) is 2.72. The molecule has 0 aromatic heterocycles. The quantitative estimate of drug-likeness (QED) is 0.835. The Balaban J connectivity index is 1.46. The van der Waals surface area contributed by atoms with Gasteiger partial charge in [-0.05, 0) is 45.3 Å². The van der Waals surface area contributed by atoms with Gasteiger partial charge in [0.15, 0.2) is 0 Å². The smallest absolute Gasteiger partial charge is 0.224 e. The highest BCUT2D eigenvalue weighted by Crippen LogP contribution is 2.52. The zero-order chi connectivity index (χ0) is 12.8. The third kappa shape index (κ3) is 2.42. The van der Waals surface area contributed by atoms with E-state index in [4.69, 9.17) is 4.74 Å². The highest BCUT2D eigenvalue weighted by atomic mass is 32.2. The maximum Gasteiger partial charge on any atom is 0.224 e. The molecule has 102 valence electrons. The zero-order valence-corrected chi connectivity index (χ0v) is 12.1. The van der Waals surface area contributed by atoms with Gasteiger partial charge in [-0.3, -0.25) is 4.79 Å². The van der Waals surface area contributed by atoms with Crippen LogP contribution in [-0.4, -0.2) is 35.7 Å². The number of hydrogen-bond acceptors (Lipinski definition) is 3. The van der Waals surface area contributed by atoms with Crippen molar-refractivity contribution in [3.8, 4) is 0 Å². The van der Waals surface area contributed by atoms with E-state index in [9.17, 15) is 4.79 Å². The van der Waals surface area contributed by atoms with Gasteiger partial charge in [0.05, 0.1) is 12.2 Å². The lowest BCUT2D eigenvalue weighted by atomic mass is 9.63. The van der Waals surface area contributed by atoms with E-state index in [2.05, 4.69) is 19.2 Å². The molecule has 2 heterocycles. The third-order valence-electron chi connectivity index (χ3n) is 4.58. The van der Waals surface area contributed by atoms with Crippen molar-refractivity contribution in [1.82, 2.24) is 5.32 Å². The van der Waals surface area contributed by atoms with Gasteiger partial charge < -0.3 is 10.1 Å². The summed E-state index contributed by atoms with van der Waals surface area (Å²) in [5, 5.41) is 3.23. The van der Waals surface area contributed by atoms with Gasteiger partial charge in [0.2, 0.25) is 5.91 Å². The van der Waals surface area contributed by atoms with Crippen LogP contribution >= 0.6 is 11.8 Å². The second kappa shape index (κ2) is 4.41. The molecule has 3 aliphatic rings. The molecule has 0 aromatic rings. The van der Waals surface area contributed by atoms with Crippen molar-refractivity contribution in [2.45, 2.75) is 51.2 Å². The van der Waals surface area contributed by atoms with Crippen molar-refractivity contribution in [3.63, 3.8) is 0 Å². The Labute approximate surface area is 113 Å². The van der Waals surface area contributed by atoms with E-state index in [1.54, 1.807) is 0 Å². The number of amides is 1. The van der Waals surface area contributed by atoms with E-state index < -0.39 is 0 Å². The van der Waals surface area contributed by atoms with Gasteiger partial charge >= 0.3 is 0 Å². The van der Waals surface area contributed by atoms with Crippen LogP contribution < -0.4 is 5.32 Å². The van der Waals surface area contributed by atoms with Crippen LogP contribution in [0.25, 0.3) is 0 Å². The maximum absolute atomic E-state index is 12.0. The number of carbonyl (C=O) groups is 1. The molecular weight excluding hydrogens is 246 g/mol. The van der Waals surface area contributed by atoms with Crippen molar-refractivity contribution in [2.75, 3.05) is 18.1 Å². The number of ether oxygens (including phenoxy) is 1. The zero-order valence-electron chi connectivity index (χ0n) is 11.3. The number of hydrogen-bond donors (Lipinski definition) is 1. The van der Waals surface area contributed by atoms with Crippen molar-refractivity contribution in [1.29, 1.82) is 0 Å². The number of nitrogens with one attached hydrogen (secondary N) is 1. The Kier molecular flexibility index (Phi) is 3.14.